The molecule has 2 aromatic carbocycles. The fourth-order valence-electron chi connectivity index (χ4n) is 3.80. The van der Waals surface area contributed by atoms with Crippen LogP contribution in [0.4, 0.5) is 11.5 Å². The van der Waals surface area contributed by atoms with E-state index in [4.69, 9.17) is 9.72 Å². The molecule has 0 bridgehead atoms. The summed E-state index contributed by atoms with van der Waals surface area (Å²) in [5.74, 6) is 1.88. The molecule has 26 heavy (non-hydrogen) atoms. The quantitative estimate of drug-likeness (QED) is 0.710. The average Bonchev–Trinajstić information content (AvgIpc) is 2.68. The van der Waals surface area contributed by atoms with Gasteiger partial charge in [0.2, 0.25) is 0 Å². The van der Waals surface area contributed by atoms with Gasteiger partial charge in [-0.15, -0.1) is 0 Å². The smallest absolute Gasteiger partial charge is 0.145 e. The molecule has 0 saturated carbocycles. The molecule has 1 aliphatic rings. The van der Waals surface area contributed by atoms with Crippen molar-refractivity contribution in [1.29, 1.82) is 0 Å². The molecule has 0 atom stereocenters. The van der Waals surface area contributed by atoms with Crippen molar-refractivity contribution in [1.82, 2.24) is 4.98 Å². The first-order valence-corrected chi connectivity index (χ1v) is 9.17. The molecule has 3 aromatic rings. The number of benzene rings is 2. The van der Waals surface area contributed by atoms with Crippen molar-refractivity contribution in [3.63, 3.8) is 0 Å². The number of methoxy groups -OCH3 is 1. The van der Waals surface area contributed by atoms with E-state index in [1.165, 1.54) is 16.8 Å². The monoisotopic (exact) mass is 347 g/mol. The molecule has 1 saturated heterocycles. The van der Waals surface area contributed by atoms with Gasteiger partial charge in [0.1, 0.15) is 17.1 Å². The van der Waals surface area contributed by atoms with Crippen LogP contribution in [0.3, 0.4) is 0 Å². The lowest BCUT2D eigenvalue weighted by molar-refractivity contribution is 0.419. The zero-order valence-corrected chi connectivity index (χ0v) is 15.7. The topological polar surface area (TPSA) is 28.6 Å². The Balaban J connectivity index is 1.59. The van der Waals surface area contributed by atoms with Crippen LogP contribution < -0.4 is 14.5 Å². The Morgan fingerprint density at radius 1 is 0.846 bits per heavy atom. The summed E-state index contributed by atoms with van der Waals surface area (Å²) in [7, 11) is 1.71. The molecule has 1 fully saturated rings. The SMILES string of the molecule is COc1cccc2c(C)cc(N3CCN(c4ccccc4C)CC3)nc12. The van der Waals surface area contributed by atoms with Crippen molar-refractivity contribution < 1.29 is 4.74 Å². The summed E-state index contributed by atoms with van der Waals surface area (Å²) in [5.41, 5.74) is 4.87. The predicted octanol–water partition coefficient (Wildman–Crippen LogP) is 4.19. The number of para-hydroxylation sites is 2. The molecule has 0 amide bonds. The van der Waals surface area contributed by atoms with Crippen LogP contribution in [0, 0.1) is 13.8 Å². The van der Waals surface area contributed by atoms with Crippen LogP contribution in [0.25, 0.3) is 10.9 Å². The number of aromatic nitrogens is 1. The van der Waals surface area contributed by atoms with E-state index in [9.17, 15) is 0 Å². The van der Waals surface area contributed by atoms with Crippen molar-refractivity contribution in [2.75, 3.05) is 43.1 Å². The lowest BCUT2D eigenvalue weighted by Gasteiger charge is -2.37. The highest BCUT2D eigenvalue weighted by molar-refractivity contribution is 5.88. The zero-order chi connectivity index (χ0) is 18.1. The summed E-state index contributed by atoms with van der Waals surface area (Å²) in [4.78, 5) is 9.78. The number of fused-ring (bicyclic) bond motifs is 1. The molecule has 0 N–H and O–H groups in total. The van der Waals surface area contributed by atoms with Gasteiger partial charge in [0.25, 0.3) is 0 Å². The van der Waals surface area contributed by atoms with Gasteiger partial charge >= 0.3 is 0 Å². The number of pyridine rings is 1. The molecule has 134 valence electrons. The first kappa shape index (κ1) is 16.7. The maximum absolute atomic E-state index is 5.52. The number of hydrogen-bond acceptors (Lipinski definition) is 4. The number of rotatable bonds is 3. The van der Waals surface area contributed by atoms with Gasteiger partial charge in [-0.2, -0.15) is 0 Å². The summed E-state index contributed by atoms with van der Waals surface area (Å²) < 4.78 is 5.52. The van der Waals surface area contributed by atoms with E-state index in [1.807, 2.05) is 12.1 Å². The Hall–Kier alpha value is -2.75. The number of anilines is 2. The third-order valence-corrected chi connectivity index (χ3v) is 5.28. The van der Waals surface area contributed by atoms with Crippen LogP contribution in [0.1, 0.15) is 11.1 Å². The van der Waals surface area contributed by atoms with Crippen LogP contribution >= 0.6 is 0 Å². The fourth-order valence-corrected chi connectivity index (χ4v) is 3.80. The summed E-state index contributed by atoms with van der Waals surface area (Å²) in [6.45, 7) is 8.30. The molecule has 0 radical (unpaired) electrons. The van der Waals surface area contributed by atoms with E-state index < -0.39 is 0 Å². The number of piperazine rings is 1. The minimum atomic E-state index is 0.839. The van der Waals surface area contributed by atoms with Crippen molar-refractivity contribution in [3.8, 4) is 5.75 Å². The van der Waals surface area contributed by atoms with Gasteiger partial charge in [-0.05, 0) is 43.2 Å². The van der Waals surface area contributed by atoms with Gasteiger partial charge in [-0.1, -0.05) is 30.3 Å². The molecule has 1 aromatic heterocycles. The van der Waals surface area contributed by atoms with E-state index >= 15 is 0 Å². The molecule has 1 aliphatic heterocycles. The molecule has 2 heterocycles. The largest absolute Gasteiger partial charge is 0.494 e. The average molecular weight is 347 g/mol. The minimum Gasteiger partial charge on any atom is -0.494 e. The molecule has 0 aliphatic carbocycles. The van der Waals surface area contributed by atoms with E-state index in [1.54, 1.807) is 7.11 Å². The summed E-state index contributed by atoms with van der Waals surface area (Å²) in [5, 5.41) is 1.16. The fraction of sp³-hybridized carbons (Fsp3) is 0.318. The molecule has 4 nitrogen and oxygen atoms in total. The van der Waals surface area contributed by atoms with Gasteiger partial charge in [-0.25, -0.2) is 4.98 Å². The van der Waals surface area contributed by atoms with Gasteiger partial charge in [0.15, 0.2) is 0 Å². The third-order valence-electron chi connectivity index (χ3n) is 5.28. The van der Waals surface area contributed by atoms with E-state index in [0.717, 1.165) is 48.6 Å². The van der Waals surface area contributed by atoms with Crippen LogP contribution in [-0.2, 0) is 0 Å². The highest BCUT2D eigenvalue weighted by Crippen LogP contribution is 2.30. The van der Waals surface area contributed by atoms with Crippen molar-refractivity contribution >= 4 is 22.4 Å². The molecule has 0 spiro atoms. The van der Waals surface area contributed by atoms with Gasteiger partial charge in [-0.3, -0.25) is 0 Å². The zero-order valence-electron chi connectivity index (χ0n) is 15.7. The summed E-state index contributed by atoms with van der Waals surface area (Å²) in [6.07, 6.45) is 0. The van der Waals surface area contributed by atoms with E-state index in [2.05, 4.69) is 60.0 Å². The van der Waals surface area contributed by atoms with Crippen molar-refractivity contribution in [2.45, 2.75) is 13.8 Å². The van der Waals surface area contributed by atoms with Gasteiger partial charge < -0.3 is 14.5 Å². The lowest BCUT2D eigenvalue weighted by Crippen LogP contribution is -2.47. The maximum atomic E-state index is 5.52. The number of nitrogens with zero attached hydrogens (tertiary/aromatic N) is 3. The Bertz CT molecular complexity index is 930. The first-order chi connectivity index (χ1) is 12.7. The second-order valence-electron chi connectivity index (χ2n) is 6.91. The van der Waals surface area contributed by atoms with E-state index in [-0.39, 0.29) is 0 Å². The second kappa shape index (κ2) is 6.87. The lowest BCUT2D eigenvalue weighted by atomic mass is 10.1. The second-order valence-corrected chi connectivity index (χ2v) is 6.91. The Labute approximate surface area is 155 Å². The number of ether oxygens (including phenoxy) is 1. The van der Waals surface area contributed by atoms with Crippen LogP contribution in [0.5, 0.6) is 5.75 Å². The summed E-state index contributed by atoms with van der Waals surface area (Å²) >= 11 is 0. The van der Waals surface area contributed by atoms with E-state index in [0.29, 0.717) is 0 Å². The Morgan fingerprint density at radius 2 is 1.58 bits per heavy atom. The van der Waals surface area contributed by atoms with Gasteiger partial charge in [0, 0.05) is 37.3 Å². The Kier molecular flexibility index (Phi) is 4.41. The molecular weight excluding hydrogens is 322 g/mol. The van der Waals surface area contributed by atoms with Gasteiger partial charge in [0.05, 0.1) is 7.11 Å². The molecule has 0 unspecified atom stereocenters. The molecular formula is C22H25N3O. The molecule has 4 rings (SSSR count). The summed E-state index contributed by atoms with van der Waals surface area (Å²) in [6, 6.07) is 16.9. The highest BCUT2D eigenvalue weighted by atomic mass is 16.5. The van der Waals surface area contributed by atoms with Crippen LogP contribution in [0.2, 0.25) is 0 Å². The van der Waals surface area contributed by atoms with Crippen molar-refractivity contribution in [2.24, 2.45) is 0 Å². The normalized spacial score (nSPS) is 14.7. The van der Waals surface area contributed by atoms with Crippen LogP contribution in [-0.4, -0.2) is 38.3 Å². The Morgan fingerprint density at radius 3 is 2.31 bits per heavy atom. The first-order valence-electron chi connectivity index (χ1n) is 9.17. The maximum Gasteiger partial charge on any atom is 0.145 e. The van der Waals surface area contributed by atoms with Crippen molar-refractivity contribution in [3.05, 3.63) is 59.7 Å². The number of hydrogen-bond donors (Lipinski definition) is 0. The predicted molar refractivity (Wildman–Crippen MR) is 109 cm³/mol. The third kappa shape index (κ3) is 2.96. The minimum absolute atomic E-state index is 0.839. The molecule has 4 heteroatoms. The standard InChI is InChI=1S/C22H25N3O/c1-16-7-4-5-9-19(16)24-11-13-25(14-12-24)21-15-17(2)18-8-6-10-20(26-3)22(18)23-21/h4-10,15H,11-14H2,1-3H3. The highest BCUT2D eigenvalue weighted by Gasteiger charge is 2.20. The number of aryl methyl sites for hydroxylation is 2. The van der Waals surface area contributed by atoms with Crippen LogP contribution in [0.15, 0.2) is 48.5 Å².